The number of pyridine rings is 2. The van der Waals surface area contributed by atoms with Crippen LogP contribution in [-0.2, 0) is 11.2 Å². The van der Waals surface area contributed by atoms with Crippen molar-refractivity contribution in [1.29, 1.82) is 0 Å². The van der Waals surface area contributed by atoms with Crippen molar-refractivity contribution >= 4 is 28.3 Å². The van der Waals surface area contributed by atoms with E-state index in [1.165, 1.54) is 65.5 Å². The Labute approximate surface area is 260 Å². The Morgan fingerprint density at radius 3 is 2.50 bits per heavy atom. The zero-order valence-electron chi connectivity index (χ0n) is 24.3. The van der Waals surface area contributed by atoms with Crippen LogP contribution < -0.4 is 26.1 Å². The van der Waals surface area contributed by atoms with Crippen molar-refractivity contribution < 1.29 is 27.4 Å². The largest absolute Gasteiger partial charge is 0.493 e. The molecule has 6 aromatic rings. The van der Waals surface area contributed by atoms with Crippen molar-refractivity contribution in [2.75, 3.05) is 17.7 Å². The lowest BCUT2D eigenvalue weighted by atomic mass is 10.0. The third-order valence-electron chi connectivity index (χ3n) is 7.17. The second-order valence-electron chi connectivity index (χ2n) is 10.2. The zero-order valence-corrected chi connectivity index (χ0v) is 24.3. The Morgan fingerprint density at radius 2 is 1.76 bits per heavy atom. The van der Waals surface area contributed by atoms with Gasteiger partial charge in [0.1, 0.15) is 28.8 Å². The molecular formula is C34H26F3N5O4. The van der Waals surface area contributed by atoms with Crippen LogP contribution in [0.15, 0.2) is 96.2 Å². The topological polar surface area (TPSA) is 124 Å². The number of nitrogens with one attached hydrogen (secondary N) is 2. The lowest BCUT2D eigenvalue weighted by molar-refractivity contribution is -0.115. The lowest BCUT2D eigenvalue weighted by Crippen LogP contribution is -2.26. The maximum Gasteiger partial charge on any atom is 0.262 e. The number of ether oxygens (including phenoxy) is 2. The number of anilines is 2. The summed E-state index contributed by atoms with van der Waals surface area (Å²) in [7, 11) is 0. The standard InChI is InChI=1S/C34H26F3N5O4/c1-2-45-28-12-14-42(22-7-4-20(35)5-8-22)34(44)23(28)17-31(43)41-21-6-10-29(26(37)16-21)46-30-11-13-39-33-32(30)24(18-40-33)19-3-9-25(36)27(38)15-19/h3-16,18H,2,17,38H2,1H3,(H,39,40)(H,41,43). The fraction of sp³-hybridized carbons (Fsp3) is 0.0882. The molecule has 3 aromatic carbocycles. The van der Waals surface area contributed by atoms with Gasteiger partial charge in [-0.25, -0.2) is 18.2 Å². The van der Waals surface area contributed by atoms with Gasteiger partial charge in [-0.2, -0.15) is 0 Å². The Hall–Kier alpha value is -6.04. The minimum atomic E-state index is -0.765. The van der Waals surface area contributed by atoms with Crippen LogP contribution in [0.5, 0.6) is 17.2 Å². The molecule has 12 heteroatoms. The molecule has 1 amide bonds. The second kappa shape index (κ2) is 12.5. The fourth-order valence-electron chi connectivity index (χ4n) is 5.02. The average molecular weight is 626 g/mol. The van der Waals surface area contributed by atoms with E-state index >= 15 is 4.39 Å². The molecule has 0 spiro atoms. The normalized spacial score (nSPS) is 11.0. The van der Waals surface area contributed by atoms with Gasteiger partial charge < -0.3 is 25.5 Å². The number of aromatic amines is 1. The van der Waals surface area contributed by atoms with Gasteiger partial charge in [0.25, 0.3) is 5.56 Å². The molecule has 0 radical (unpaired) electrons. The van der Waals surface area contributed by atoms with Crippen LogP contribution in [0, 0.1) is 17.5 Å². The van der Waals surface area contributed by atoms with Gasteiger partial charge >= 0.3 is 0 Å². The SMILES string of the molecule is CCOc1ccn(-c2ccc(F)cc2)c(=O)c1CC(=O)Nc1ccc(Oc2ccnc3[nH]cc(-c4ccc(F)c(N)c4)c23)c(F)c1. The highest BCUT2D eigenvalue weighted by molar-refractivity contribution is 5.98. The summed E-state index contributed by atoms with van der Waals surface area (Å²) in [6, 6.07) is 16.7. The predicted octanol–water partition coefficient (Wildman–Crippen LogP) is 6.75. The number of hydrogen-bond donors (Lipinski definition) is 3. The molecule has 0 aliphatic heterocycles. The number of nitrogen functional groups attached to an aromatic ring is 1. The number of nitrogens with two attached hydrogens (primary N) is 1. The van der Waals surface area contributed by atoms with Gasteiger partial charge in [0, 0.05) is 41.6 Å². The minimum Gasteiger partial charge on any atom is -0.493 e. The Bertz CT molecular complexity index is 2140. The first kappa shape index (κ1) is 30.0. The number of hydrogen-bond acceptors (Lipinski definition) is 6. The number of carbonyl (C=O) groups excluding carboxylic acids is 1. The summed E-state index contributed by atoms with van der Waals surface area (Å²) in [5, 5.41) is 3.14. The van der Waals surface area contributed by atoms with E-state index in [9.17, 15) is 18.4 Å². The Morgan fingerprint density at radius 1 is 0.957 bits per heavy atom. The van der Waals surface area contributed by atoms with Gasteiger partial charge in [-0.05, 0) is 73.2 Å². The van der Waals surface area contributed by atoms with Crippen molar-refractivity contribution in [3.63, 3.8) is 0 Å². The molecule has 0 aliphatic rings. The van der Waals surface area contributed by atoms with E-state index in [-0.39, 0.29) is 47.2 Å². The summed E-state index contributed by atoms with van der Waals surface area (Å²) in [4.78, 5) is 33.7. The van der Waals surface area contributed by atoms with Crippen LogP contribution in [0.3, 0.4) is 0 Å². The monoisotopic (exact) mass is 625 g/mol. The summed E-state index contributed by atoms with van der Waals surface area (Å²) >= 11 is 0. The van der Waals surface area contributed by atoms with Gasteiger partial charge in [-0.15, -0.1) is 0 Å². The molecule has 3 aromatic heterocycles. The quantitative estimate of drug-likeness (QED) is 0.153. The van der Waals surface area contributed by atoms with E-state index in [4.69, 9.17) is 15.2 Å². The predicted molar refractivity (Wildman–Crippen MR) is 168 cm³/mol. The van der Waals surface area contributed by atoms with Crippen LogP contribution in [0.1, 0.15) is 12.5 Å². The number of nitrogens with zero attached hydrogens (tertiary/aromatic N) is 2. The first-order valence-electron chi connectivity index (χ1n) is 14.1. The van der Waals surface area contributed by atoms with E-state index in [0.717, 1.165) is 6.07 Å². The number of rotatable bonds is 9. The van der Waals surface area contributed by atoms with Crippen LogP contribution in [-0.4, -0.2) is 27.0 Å². The van der Waals surface area contributed by atoms with Crippen LogP contribution >= 0.6 is 0 Å². The number of halogens is 3. The first-order valence-corrected chi connectivity index (χ1v) is 14.1. The third kappa shape index (κ3) is 6.00. The number of fused-ring (bicyclic) bond motifs is 1. The van der Waals surface area contributed by atoms with E-state index in [2.05, 4.69) is 15.3 Å². The maximum absolute atomic E-state index is 15.3. The molecule has 6 rings (SSSR count). The number of benzene rings is 3. The number of aromatic nitrogens is 3. The molecule has 46 heavy (non-hydrogen) atoms. The molecule has 0 saturated carbocycles. The highest BCUT2D eigenvalue weighted by atomic mass is 19.1. The summed E-state index contributed by atoms with van der Waals surface area (Å²) in [5.41, 5.74) is 7.54. The van der Waals surface area contributed by atoms with E-state index in [1.54, 1.807) is 31.3 Å². The molecule has 232 valence electrons. The van der Waals surface area contributed by atoms with Crippen molar-refractivity contribution in [3.05, 3.63) is 125 Å². The maximum atomic E-state index is 15.3. The highest BCUT2D eigenvalue weighted by Gasteiger charge is 2.19. The Kier molecular flexibility index (Phi) is 8.17. The van der Waals surface area contributed by atoms with Gasteiger partial charge in [0.15, 0.2) is 11.6 Å². The van der Waals surface area contributed by atoms with E-state index in [0.29, 0.717) is 27.8 Å². The van der Waals surface area contributed by atoms with Crippen molar-refractivity contribution in [1.82, 2.24) is 14.5 Å². The summed E-state index contributed by atoms with van der Waals surface area (Å²) < 4.78 is 55.3. The van der Waals surface area contributed by atoms with E-state index in [1.807, 2.05) is 0 Å². The Balaban J connectivity index is 1.23. The zero-order chi connectivity index (χ0) is 32.4. The van der Waals surface area contributed by atoms with Crippen LogP contribution in [0.2, 0.25) is 0 Å². The third-order valence-corrected chi connectivity index (χ3v) is 7.17. The summed E-state index contributed by atoms with van der Waals surface area (Å²) in [6.07, 6.45) is 4.28. The van der Waals surface area contributed by atoms with Crippen LogP contribution in [0.4, 0.5) is 24.5 Å². The van der Waals surface area contributed by atoms with E-state index < -0.39 is 28.9 Å². The molecule has 9 nitrogen and oxygen atoms in total. The molecule has 0 bridgehead atoms. The molecule has 0 atom stereocenters. The van der Waals surface area contributed by atoms with Gasteiger partial charge in [0.05, 0.1) is 29.7 Å². The van der Waals surface area contributed by atoms with Crippen LogP contribution in [0.25, 0.3) is 27.8 Å². The highest BCUT2D eigenvalue weighted by Crippen LogP contribution is 2.38. The molecule has 3 heterocycles. The molecule has 0 saturated heterocycles. The van der Waals surface area contributed by atoms with Crippen molar-refractivity contribution in [2.24, 2.45) is 0 Å². The molecule has 4 N–H and O–H groups in total. The minimum absolute atomic E-state index is 0.0261. The number of carbonyl (C=O) groups is 1. The fourth-order valence-corrected chi connectivity index (χ4v) is 5.02. The summed E-state index contributed by atoms with van der Waals surface area (Å²) in [5.74, 6) is -1.97. The molecular weight excluding hydrogens is 599 g/mol. The molecule has 0 unspecified atom stereocenters. The first-order chi connectivity index (χ1) is 22.2. The molecule has 0 aliphatic carbocycles. The number of H-pyrrole nitrogens is 1. The van der Waals surface area contributed by atoms with Gasteiger partial charge in [0.2, 0.25) is 5.91 Å². The smallest absolute Gasteiger partial charge is 0.262 e. The lowest BCUT2D eigenvalue weighted by Gasteiger charge is -2.14. The molecule has 0 fully saturated rings. The average Bonchev–Trinajstić information content (AvgIpc) is 3.48. The van der Waals surface area contributed by atoms with Crippen molar-refractivity contribution in [2.45, 2.75) is 13.3 Å². The number of amides is 1. The summed E-state index contributed by atoms with van der Waals surface area (Å²) in [6.45, 7) is 2.00. The second-order valence-corrected chi connectivity index (χ2v) is 10.2. The van der Waals surface area contributed by atoms with Gasteiger partial charge in [-0.1, -0.05) is 6.07 Å². The van der Waals surface area contributed by atoms with Crippen molar-refractivity contribution in [3.8, 4) is 34.1 Å². The van der Waals surface area contributed by atoms with Gasteiger partial charge in [-0.3, -0.25) is 14.2 Å².